The van der Waals surface area contributed by atoms with Crippen LogP contribution in [0.1, 0.15) is 209 Å². The predicted molar refractivity (Wildman–Crippen MR) is 328 cm³/mol. The summed E-state index contributed by atoms with van der Waals surface area (Å²) in [7, 11) is -1.28. The van der Waals surface area contributed by atoms with Crippen LogP contribution in [-0.4, -0.2) is 16.1 Å². The van der Waals surface area contributed by atoms with E-state index in [1.165, 1.54) is 89.2 Å². The maximum atomic E-state index is 2.49. The van der Waals surface area contributed by atoms with Gasteiger partial charge in [-0.2, -0.15) is 0 Å². The smallest absolute Gasteiger partial charge is 0.0496 e. The molecule has 0 saturated heterocycles. The lowest BCUT2D eigenvalue weighted by Crippen LogP contribution is -2.25. The van der Waals surface area contributed by atoms with Crippen molar-refractivity contribution < 1.29 is 0 Å². The normalized spacial score (nSPS) is 10.9. The van der Waals surface area contributed by atoms with Crippen LogP contribution in [0.25, 0.3) is 0 Å². The molecule has 68 heavy (non-hydrogen) atoms. The summed E-state index contributed by atoms with van der Waals surface area (Å²) in [6, 6.07) is 40.6. The monoisotopic (exact) mass is 971 g/mol. The Morgan fingerprint density at radius 3 is 0.809 bits per heavy atom. The Balaban J connectivity index is -0.000000221. The van der Waals surface area contributed by atoms with Gasteiger partial charge < -0.3 is 0 Å². The fraction of sp³-hybridized carbons (Fsp3) is 0.636. The highest BCUT2D eigenvalue weighted by molar-refractivity contribution is 6.78. The summed E-state index contributed by atoms with van der Waals surface area (Å²) >= 11 is 0. The van der Waals surface area contributed by atoms with E-state index < -0.39 is 16.1 Å². The van der Waals surface area contributed by atoms with Gasteiger partial charge in [0.25, 0.3) is 0 Å². The van der Waals surface area contributed by atoms with E-state index in [1.807, 2.05) is 18.2 Å². The topological polar surface area (TPSA) is 0 Å². The quantitative estimate of drug-likeness (QED) is 0.154. The van der Waals surface area contributed by atoms with Gasteiger partial charge >= 0.3 is 0 Å². The molecule has 0 N–H and O–H groups in total. The maximum Gasteiger partial charge on any atom is 0.0496 e. The second-order valence-electron chi connectivity index (χ2n) is 24.6. The summed E-state index contributed by atoms with van der Waals surface area (Å²) in [5, 5.41) is 0. The van der Waals surface area contributed by atoms with Crippen LogP contribution >= 0.6 is 0 Å². The summed E-state index contributed by atoms with van der Waals surface area (Å²) < 4.78 is 0. The molecule has 0 aliphatic rings. The SMILES string of the molecule is CCC(C)(C)C.CCC(C)(C)CC.CCC(C)CC.CC[Si](C)(CC)CC.C[Si](C)(C)C.Cc1ccc(C(C)(C)C)cc1.Cc1ccc(C(C)C)cc1.Cc1ccc(C)cc1.Cc1ccccc1. The van der Waals surface area contributed by atoms with E-state index in [9.17, 15) is 0 Å². The molecule has 394 valence electrons. The van der Waals surface area contributed by atoms with E-state index in [1.54, 1.807) is 0 Å². The van der Waals surface area contributed by atoms with Crippen LogP contribution in [0, 0.1) is 51.4 Å². The predicted octanol–water partition coefficient (Wildman–Crippen LogP) is 23.5. The molecule has 0 unspecified atom stereocenters. The van der Waals surface area contributed by atoms with Gasteiger partial charge in [-0.25, -0.2) is 0 Å². The zero-order valence-electron chi connectivity index (χ0n) is 51.6. The van der Waals surface area contributed by atoms with Gasteiger partial charge in [0, 0.05) is 16.1 Å². The molecule has 0 aliphatic carbocycles. The summed E-state index contributed by atoms with van der Waals surface area (Å²) in [4.78, 5) is 0. The first-order chi connectivity index (χ1) is 31.1. The standard InChI is InChI=1S/C11H16.C10H14.C8H10.C7H18Si.C7H8.C7H16.2C6H14.C4H12Si/c1-9-5-7-10(8-6-9)11(2,3)4;1-8(2)10-6-4-9(3)5-7-10;1-7-3-5-8(2)6-4-7;1-5-8(4,6-2)7-3;1-7-5-3-2-4-6-7;1-5-7(3,4)6-2;1-5-6(2,3)4;1-4-6(3)5-2;1-5(2,3)4/h5-8H,1-4H3;4-8H,1-3H3;3-6H,1-2H3;5-7H2,1-4H3;2-6H,1H3;5-6H2,1-4H3;5H2,1-4H3;6H,4-5H2,1-3H3;1-4H3. The maximum absolute atomic E-state index is 2.49. The van der Waals surface area contributed by atoms with Crippen LogP contribution in [-0.2, 0) is 5.41 Å². The van der Waals surface area contributed by atoms with Gasteiger partial charge in [0.2, 0.25) is 0 Å². The molecule has 0 heterocycles. The number of rotatable bonds is 8. The molecule has 2 heteroatoms. The summed E-state index contributed by atoms with van der Waals surface area (Å²) in [6.45, 7) is 65.2. The van der Waals surface area contributed by atoms with E-state index in [-0.39, 0.29) is 5.41 Å². The van der Waals surface area contributed by atoms with E-state index in [4.69, 9.17) is 0 Å². The van der Waals surface area contributed by atoms with E-state index in [2.05, 4.69) is 284 Å². The Morgan fingerprint density at radius 1 is 0.397 bits per heavy atom. The van der Waals surface area contributed by atoms with Gasteiger partial charge in [0.1, 0.15) is 0 Å². The second kappa shape index (κ2) is 41.0. The molecule has 0 nitrogen and oxygen atoms in total. The minimum Gasteiger partial charge on any atom is -0.0697 e. The fourth-order valence-electron chi connectivity index (χ4n) is 4.46. The molecule has 4 aromatic carbocycles. The molecule has 0 saturated carbocycles. The van der Waals surface area contributed by atoms with Crippen molar-refractivity contribution in [3.8, 4) is 0 Å². The van der Waals surface area contributed by atoms with Crippen LogP contribution < -0.4 is 0 Å². The van der Waals surface area contributed by atoms with Crippen LogP contribution in [0.4, 0.5) is 0 Å². The molecule has 4 rings (SSSR count). The first-order valence-corrected chi connectivity index (χ1v) is 34.4. The van der Waals surface area contributed by atoms with Crippen LogP contribution in [0.15, 0.2) is 103 Å². The number of hydrogen-bond donors (Lipinski definition) is 0. The van der Waals surface area contributed by atoms with Gasteiger partial charge in [-0.3, -0.25) is 0 Å². The molecule has 0 radical (unpaired) electrons. The third-order valence-electron chi connectivity index (χ3n) is 12.7. The Bertz CT molecular complexity index is 1590. The van der Waals surface area contributed by atoms with Crippen molar-refractivity contribution >= 4 is 16.1 Å². The van der Waals surface area contributed by atoms with Crippen molar-refractivity contribution in [2.75, 3.05) is 0 Å². The molecule has 0 fully saturated rings. The third kappa shape index (κ3) is 54.3. The van der Waals surface area contributed by atoms with Crippen molar-refractivity contribution in [1.82, 2.24) is 0 Å². The lowest BCUT2D eigenvalue weighted by molar-refractivity contribution is 0.338. The van der Waals surface area contributed by atoms with Crippen molar-refractivity contribution in [3.63, 3.8) is 0 Å². The number of hydrogen-bond acceptors (Lipinski definition) is 0. The third-order valence-corrected chi connectivity index (χ3v) is 17.9. The highest BCUT2D eigenvalue weighted by Crippen LogP contribution is 2.23. The molecule has 4 aromatic rings. The Morgan fingerprint density at radius 2 is 0.662 bits per heavy atom. The summed E-state index contributed by atoms with van der Waals surface area (Å²) in [5.41, 5.74) is 10.9. The molecule has 0 amide bonds. The van der Waals surface area contributed by atoms with E-state index in [0.717, 1.165) is 5.92 Å². The van der Waals surface area contributed by atoms with Crippen molar-refractivity contribution in [1.29, 1.82) is 0 Å². The zero-order valence-corrected chi connectivity index (χ0v) is 53.6. The molecule has 0 aliphatic heterocycles. The van der Waals surface area contributed by atoms with Crippen LogP contribution in [0.5, 0.6) is 0 Å². The first kappa shape index (κ1) is 74.3. The average Bonchev–Trinajstić information content (AvgIpc) is 3.28. The molecular weight excluding hydrogens is 849 g/mol. The Labute approximate surface area is 433 Å². The van der Waals surface area contributed by atoms with Gasteiger partial charge in [0.15, 0.2) is 0 Å². The number of aryl methyl sites for hydroxylation is 5. The summed E-state index contributed by atoms with van der Waals surface area (Å²) in [5.74, 6) is 1.59. The minimum atomic E-state index is -0.671. The van der Waals surface area contributed by atoms with Crippen LogP contribution in [0.3, 0.4) is 0 Å². The zero-order chi connectivity index (χ0) is 54.4. The number of benzene rings is 4. The molecule has 0 bridgehead atoms. The Hall–Kier alpha value is -2.69. The highest BCUT2D eigenvalue weighted by Gasteiger charge is 2.18. The highest BCUT2D eigenvalue weighted by atomic mass is 28.3. The van der Waals surface area contributed by atoms with Crippen molar-refractivity contribution in [3.05, 3.63) is 142 Å². The summed E-state index contributed by atoms with van der Waals surface area (Å²) in [6.07, 6.45) is 6.52. The van der Waals surface area contributed by atoms with Crippen LogP contribution in [0.2, 0.25) is 50.9 Å². The lowest BCUT2D eigenvalue weighted by atomic mass is 9.87. The van der Waals surface area contributed by atoms with Crippen molar-refractivity contribution in [2.24, 2.45) is 16.7 Å². The fourth-order valence-corrected chi connectivity index (χ4v) is 5.96. The van der Waals surface area contributed by atoms with Crippen molar-refractivity contribution in [2.45, 2.75) is 260 Å². The second-order valence-corrected chi connectivity index (χ2v) is 36.3. The molecular formula is C66H122Si2. The van der Waals surface area contributed by atoms with E-state index in [0.29, 0.717) is 16.7 Å². The average molecular weight is 972 g/mol. The van der Waals surface area contributed by atoms with E-state index >= 15 is 0 Å². The van der Waals surface area contributed by atoms with Gasteiger partial charge in [-0.1, -0.05) is 345 Å². The van der Waals surface area contributed by atoms with Gasteiger partial charge in [-0.15, -0.1) is 0 Å². The largest absolute Gasteiger partial charge is 0.0697 e. The van der Waals surface area contributed by atoms with Gasteiger partial charge in [-0.05, 0) is 73.8 Å². The lowest BCUT2D eigenvalue weighted by Gasteiger charge is -2.20. The molecule has 0 spiro atoms. The molecule has 0 aromatic heterocycles. The molecule has 0 atom stereocenters. The minimum absolute atomic E-state index is 0.285. The Kier molecular flexibility index (Phi) is 44.8. The first-order valence-electron chi connectivity index (χ1n) is 27.2. The van der Waals surface area contributed by atoms with Gasteiger partial charge in [0.05, 0.1) is 0 Å².